The summed E-state index contributed by atoms with van der Waals surface area (Å²) in [5.74, 6) is 0.666. The lowest BCUT2D eigenvalue weighted by Gasteiger charge is -2.38. The number of carbonyl (C=O) groups is 1. The SMILES string of the molecule is COc1ccc(C(C)(C)[C@H]2[C@H](CCO)O[C@@]3(C(=O)N(Cc4ccc(I)cc4)c4ccc(I)cc43)[C@@H]2C)cc1. The van der Waals surface area contributed by atoms with Crippen molar-refractivity contribution in [2.24, 2.45) is 11.8 Å². The van der Waals surface area contributed by atoms with Gasteiger partial charge in [0.25, 0.3) is 5.91 Å². The number of benzene rings is 3. The maximum absolute atomic E-state index is 14.5. The molecule has 3 aromatic rings. The highest BCUT2D eigenvalue weighted by molar-refractivity contribution is 14.1. The minimum absolute atomic E-state index is 0.00238. The van der Waals surface area contributed by atoms with Crippen molar-refractivity contribution >= 4 is 56.8 Å². The summed E-state index contributed by atoms with van der Waals surface area (Å²) in [7, 11) is 1.67. The molecule has 0 unspecified atom stereocenters. The van der Waals surface area contributed by atoms with Crippen molar-refractivity contribution in [2.75, 3.05) is 18.6 Å². The number of aliphatic hydroxyl groups excluding tert-OH is 1. The summed E-state index contributed by atoms with van der Waals surface area (Å²) >= 11 is 4.61. The second kappa shape index (κ2) is 10.7. The van der Waals surface area contributed by atoms with Crippen LogP contribution in [-0.4, -0.2) is 30.8 Å². The van der Waals surface area contributed by atoms with Gasteiger partial charge in [0, 0.05) is 31.1 Å². The van der Waals surface area contributed by atoms with E-state index in [1.807, 2.05) is 17.0 Å². The van der Waals surface area contributed by atoms with E-state index >= 15 is 0 Å². The largest absolute Gasteiger partial charge is 0.497 e. The molecule has 1 spiro atoms. The van der Waals surface area contributed by atoms with Gasteiger partial charge in [0.1, 0.15) is 5.75 Å². The van der Waals surface area contributed by atoms with E-state index in [0.29, 0.717) is 13.0 Å². The monoisotopic (exact) mass is 737 g/mol. The number of hydrogen-bond acceptors (Lipinski definition) is 4. The first-order valence-electron chi connectivity index (χ1n) is 12.9. The molecule has 200 valence electrons. The first-order valence-corrected chi connectivity index (χ1v) is 15.1. The number of ether oxygens (including phenoxy) is 2. The highest BCUT2D eigenvalue weighted by atomic mass is 127. The molecule has 5 nitrogen and oxygen atoms in total. The van der Waals surface area contributed by atoms with Gasteiger partial charge in [0.15, 0.2) is 5.60 Å². The molecule has 0 radical (unpaired) electrons. The van der Waals surface area contributed by atoms with Crippen LogP contribution < -0.4 is 9.64 Å². The average molecular weight is 737 g/mol. The predicted molar refractivity (Wildman–Crippen MR) is 166 cm³/mol. The summed E-state index contributed by atoms with van der Waals surface area (Å²) in [5, 5.41) is 10.0. The smallest absolute Gasteiger partial charge is 0.264 e. The maximum atomic E-state index is 14.5. The normalized spacial score (nSPS) is 24.8. The lowest BCUT2D eigenvalue weighted by molar-refractivity contribution is -0.146. The van der Waals surface area contributed by atoms with Crippen molar-refractivity contribution in [3.05, 3.63) is 90.6 Å². The summed E-state index contributed by atoms with van der Waals surface area (Å²) in [6, 6.07) is 22.7. The third-order valence-electron chi connectivity index (χ3n) is 8.47. The Morgan fingerprint density at radius 1 is 1.03 bits per heavy atom. The Morgan fingerprint density at radius 3 is 2.32 bits per heavy atom. The van der Waals surface area contributed by atoms with E-state index in [9.17, 15) is 9.90 Å². The predicted octanol–water partition coefficient (Wildman–Crippen LogP) is 6.66. The van der Waals surface area contributed by atoms with Crippen LogP contribution in [0.2, 0.25) is 0 Å². The zero-order valence-electron chi connectivity index (χ0n) is 22.1. The molecule has 0 aromatic heterocycles. The number of halogens is 2. The molecule has 38 heavy (non-hydrogen) atoms. The molecular formula is C31H33I2NO4. The van der Waals surface area contributed by atoms with Gasteiger partial charge in [-0.15, -0.1) is 0 Å². The van der Waals surface area contributed by atoms with Gasteiger partial charge in [-0.1, -0.05) is 45.0 Å². The van der Waals surface area contributed by atoms with Crippen molar-refractivity contribution in [2.45, 2.75) is 50.9 Å². The van der Waals surface area contributed by atoms with E-state index < -0.39 is 5.60 Å². The highest BCUT2D eigenvalue weighted by Crippen LogP contribution is 2.60. The molecular weight excluding hydrogens is 704 g/mol. The Labute approximate surface area is 252 Å². The lowest BCUT2D eigenvalue weighted by atomic mass is 9.63. The Morgan fingerprint density at radius 2 is 1.68 bits per heavy atom. The first kappa shape index (κ1) is 27.9. The van der Waals surface area contributed by atoms with Gasteiger partial charge >= 0.3 is 0 Å². The number of hydrogen-bond donors (Lipinski definition) is 1. The van der Waals surface area contributed by atoms with Gasteiger partial charge in [0.05, 0.1) is 25.4 Å². The quantitative estimate of drug-likeness (QED) is 0.276. The first-order chi connectivity index (χ1) is 18.1. The molecule has 4 atom stereocenters. The Hall–Kier alpha value is -1.69. The standard InChI is InChI=1S/C31H33I2NO4/c1-19-28(30(2,3)21-7-12-24(37-4)13-8-21)27(15-16-35)38-31(19)25-17-23(33)11-14-26(25)34(29(31)36)18-20-5-9-22(32)10-6-20/h5-14,17,19,27-28,35H,15-16,18H2,1-4H3/t19-,27+,28-,31+/m1/s1. The molecule has 3 aromatic carbocycles. The van der Waals surface area contributed by atoms with Crippen LogP contribution in [0.3, 0.4) is 0 Å². The average Bonchev–Trinajstić information content (AvgIpc) is 3.32. The second-order valence-corrected chi connectivity index (χ2v) is 13.3. The van der Waals surface area contributed by atoms with Gasteiger partial charge < -0.3 is 19.5 Å². The van der Waals surface area contributed by atoms with E-state index in [2.05, 4.69) is 121 Å². The van der Waals surface area contributed by atoms with Crippen LogP contribution in [0.5, 0.6) is 5.75 Å². The van der Waals surface area contributed by atoms with Crippen LogP contribution >= 0.6 is 45.2 Å². The van der Waals surface area contributed by atoms with E-state index in [1.165, 1.54) is 0 Å². The topological polar surface area (TPSA) is 59.0 Å². The van der Waals surface area contributed by atoms with Crippen LogP contribution in [0.15, 0.2) is 66.7 Å². The minimum atomic E-state index is -1.10. The van der Waals surface area contributed by atoms with Crippen LogP contribution in [-0.2, 0) is 27.1 Å². The zero-order valence-corrected chi connectivity index (χ0v) is 26.4. The molecule has 7 heteroatoms. The van der Waals surface area contributed by atoms with Gasteiger partial charge in [-0.2, -0.15) is 0 Å². The molecule has 0 saturated carbocycles. The molecule has 1 saturated heterocycles. The fraction of sp³-hybridized carbons (Fsp3) is 0.387. The van der Waals surface area contributed by atoms with Gasteiger partial charge in [-0.25, -0.2) is 0 Å². The molecule has 5 rings (SSSR count). The number of nitrogens with zero attached hydrogens (tertiary/aromatic N) is 1. The van der Waals surface area contributed by atoms with Crippen LogP contribution in [0.25, 0.3) is 0 Å². The number of fused-ring (bicyclic) bond motifs is 2. The molecule has 1 N–H and O–H groups in total. The van der Waals surface area contributed by atoms with Gasteiger partial charge in [-0.3, -0.25) is 4.79 Å². The number of methoxy groups -OCH3 is 1. The summed E-state index contributed by atoms with van der Waals surface area (Å²) < 4.78 is 14.5. The molecule has 0 aliphatic carbocycles. The number of rotatable bonds is 7. The van der Waals surface area contributed by atoms with Gasteiger partial charge in [-0.05, 0) is 111 Å². The maximum Gasteiger partial charge on any atom is 0.264 e. The second-order valence-electron chi connectivity index (χ2n) is 10.8. The van der Waals surface area contributed by atoms with E-state index in [4.69, 9.17) is 9.47 Å². The van der Waals surface area contributed by atoms with Crippen LogP contribution in [0, 0.1) is 19.0 Å². The number of carbonyl (C=O) groups excluding carboxylic acids is 1. The Kier molecular flexibility index (Phi) is 7.85. The zero-order chi connectivity index (χ0) is 27.2. The summed E-state index contributed by atoms with van der Waals surface area (Å²) in [6.45, 7) is 7.09. The lowest BCUT2D eigenvalue weighted by Crippen LogP contribution is -2.45. The fourth-order valence-electron chi connectivity index (χ4n) is 6.61. The van der Waals surface area contributed by atoms with E-state index in [1.54, 1.807) is 7.11 Å². The van der Waals surface area contributed by atoms with E-state index in [-0.39, 0.29) is 35.9 Å². The molecule has 1 amide bonds. The van der Waals surface area contributed by atoms with Crippen LogP contribution in [0.1, 0.15) is 43.9 Å². The number of aliphatic hydroxyl groups is 1. The summed E-state index contributed by atoms with van der Waals surface area (Å²) in [4.78, 5) is 16.4. The Balaban J connectivity index is 1.60. The Bertz CT molecular complexity index is 1320. The van der Waals surface area contributed by atoms with Crippen molar-refractivity contribution in [3.8, 4) is 5.75 Å². The third kappa shape index (κ3) is 4.57. The van der Waals surface area contributed by atoms with Crippen LogP contribution in [0.4, 0.5) is 5.69 Å². The van der Waals surface area contributed by atoms with Crippen molar-refractivity contribution in [3.63, 3.8) is 0 Å². The fourth-order valence-corrected chi connectivity index (χ4v) is 7.46. The van der Waals surface area contributed by atoms with Crippen molar-refractivity contribution in [1.29, 1.82) is 0 Å². The number of amides is 1. The minimum Gasteiger partial charge on any atom is -0.497 e. The molecule has 2 aliphatic heterocycles. The summed E-state index contributed by atoms with van der Waals surface area (Å²) in [6.07, 6.45) is 0.194. The molecule has 2 aliphatic rings. The molecule has 2 heterocycles. The molecule has 1 fully saturated rings. The van der Waals surface area contributed by atoms with Gasteiger partial charge in [0.2, 0.25) is 0 Å². The third-order valence-corrected chi connectivity index (χ3v) is 9.86. The van der Waals surface area contributed by atoms with Crippen molar-refractivity contribution < 1.29 is 19.4 Å². The highest BCUT2D eigenvalue weighted by Gasteiger charge is 2.65. The van der Waals surface area contributed by atoms with Crippen molar-refractivity contribution in [1.82, 2.24) is 0 Å². The summed E-state index contributed by atoms with van der Waals surface area (Å²) in [5.41, 5.74) is 2.65. The van der Waals surface area contributed by atoms with E-state index in [0.717, 1.165) is 35.3 Å². The molecule has 0 bridgehead atoms. The number of anilines is 1.